The number of anilines is 1. The van der Waals surface area contributed by atoms with Gasteiger partial charge in [0.2, 0.25) is 0 Å². The van der Waals surface area contributed by atoms with Gasteiger partial charge in [-0.3, -0.25) is 9.63 Å². The van der Waals surface area contributed by atoms with Crippen molar-refractivity contribution in [1.29, 1.82) is 0 Å². The van der Waals surface area contributed by atoms with Crippen LogP contribution in [0.25, 0.3) is 11.4 Å². The Morgan fingerprint density at radius 1 is 1.00 bits per heavy atom. The second kappa shape index (κ2) is 8.54. The standard InChI is InChI=1S/C22H24N6O2/c1-15-6-4-7-18(21-23-8-5-9-24-21)20(15)22(29)27-10-11-28(30-13-12-27)19-14-16(2)25-17(3)26-19/h4-9,14H,10-13H2,1-3H3. The molecule has 0 unspecified atom stereocenters. The first kappa shape index (κ1) is 19.9. The topological polar surface area (TPSA) is 84.3 Å². The first-order valence-electron chi connectivity index (χ1n) is 9.92. The third-order valence-corrected chi connectivity index (χ3v) is 4.97. The van der Waals surface area contributed by atoms with E-state index < -0.39 is 0 Å². The molecule has 0 aliphatic carbocycles. The van der Waals surface area contributed by atoms with Gasteiger partial charge in [0, 0.05) is 42.8 Å². The van der Waals surface area contributed by atoms with Crippen LogP contribution >= 0.6 is 0 Å². The lowest BCUT2D eigenvalue weighted by Crippen LogP contribution is -2.36. The highest BCUT2D eigenvalue weighted by Crippen LogP contribution is 2.25. The Labute approximate surface area is 175 Å². The summed E-state index contributed by atoms with van der Waals surface area (Å²) in [5.41, 5.74) is 3.15. The molecular formula is C22H24N6O2. The van der Waals surface area contributed by atoms with E-state index in [1.54, 1.807) is 23.5 Å². The highest BCUT2D eigenvalue weighted by atomic mass is 16.7. The number of nitrogens with zero attached hydrogens (tertiary/aromatic N) is 6. The molecule has 2 aromatic heterocycles. The van der Waals surface area contributed by atoms with Crippen molar-refractivity contribution in [2.45, 2.75) is 20.8 Å². The predicted molar refractivity (Wildman–Crippen MR) is 113 cm³/mol. The third-order valence-electron chi connectivity index (χ3n) is 4.97. The van der Waals surface area contributed by atoms with Gasteiger partial charge in [0.05, 0.1) is 18.7 Å². The fraction of sp³-hybridized carbons (Fsp3) is 0.318. The fourth-order valence-electron chi connectivity index (χ4n) is 3.59. The minimum Gasteiger partial charge on any atom is -0.334 e. The van der Waals surface area contributed by atoms with Gasteiger partial charge in [-0.05, 0) is 32.4 Å². The normalized spacial score (nSPS) is 14.5. The molecule has 1 aromatic carbocycles. The molecule has 154 valence electrons. The van der Waals surface area contributed by atoms with E-state index in [0.29, 0.717) is 49.3 Å². The van der Waals surface area contributed by atoms with Crippen molar-refractivity contribution in [3.63, 3.8) is 0 Å². The number of aryl methyl sites for hydroxylation is 3. The molecule has 1 saturated heterocycles. The highest BCUT2D eigenvalue weighted by Gasteiger charge is 2.25. The molecule has 1 amide bonds. The zero-order valence-corrected chi connectivity index (χ0v) is 17.4. The number of carbonyl (C=O) groups is 1. The Kier molecular flexibility index (Phi) is 5.67. The summed E-state index contributed by atoms with van der Waals surface area (Å²) in [6.45, 7) is 7.63. The van der Waals surface area contributed by atoms with E-state index in [1.165, 1.54) is 0 Å². The predicted octanol–water partition coefficient (Wildman–Crippen LogP) is 2.75. The van der Waals surface area contributed by atoms with Crippen molar-refractivity contribution in [2.75, 3.05) is 31.3 Å². The summed E-state index contributed by atoms with van der Waals surface area (Å²) in [4.78, 5) is 38.6. The van der Waals surface area contributed by atoms with Crippen molar-refractivity contribution in [3.05, 3.63) is 65.4 Å². The average molecular weight is 404 g/mol. The van der Waals surface area contributed by atoms with Crippen molar-refractivity contribution < 1.29 is 9.63 Å². The molecule has 0 saturated carbocycles. The molecule has 1 fully saturated rings. The Hall–Kier alpha value is -3.39. The maximum atomic E-state index is 13.5. The van der Waals surface area contributed by atoms with Crippen LogP contribution < -0.4 is 5.06 Å². The van der Waals surface area contributed by atoms with Gasteiger partial charge in [0.15, 0.2) is 11.6 Å². The number of rotatable bonds is 3. The maximum Gasteiger partial charge on any atom is 0.255 e. The lowest BCUT2D eigenvalue weighted by atomic mass is 10.00. The van der Waals surface area contributed by atoms with E-state index in [2.05, 4.69) is 19.9 Å². The number of hydrogen-bond acceptors (Lipinski definition) is 7. The van der Waals surface area contributed by atoms with Gasteiger partial charge in [-0.2, -0.15) is 0 Å². The van der Waals surface area contributed by atoms with Crippen LogP contribution in [0, 0.1) is 20.8 Å². The zero-order chi connectivity index (χ0) is 21.1. The van der Waals surface area contributed by atoms with Crippen LogP contribution in [0.2, 0.25) is 0 Å². The van der Waals surface area contributed by atoms with Gasteiger partial charge in [0.1, 0.15) is 5.82 Å². The first-order chi connectivity index (χ1) is 14.5. The van der Waals surface area contributed by atoms with Gasteiger partial charge in [-0.25, -0.2) is 25.0 Å². The Morgan fingerprint density at radius 2 is 1.80 bits per heavy atom. The first-order valence-corrected chi connectivity index (χ1v) is 9.92. The Bertz CT molecular complexity index is 1040. The van der Waals surface area contributed by atoms with E-state index in [-0.39, 0.29) is 5.91 Å². The van der Waals surface area contributed by atoms with E-state index >= 15 is 0 Å². The summed E-state index contributed by atoms with van der Waals surface area (Å²) >= 11 is 0. The van der Waals surface area contributed by atoms with Crippen LogP contribution in [0.1, 0.15) is 27.4 Å². The number of aromatic nitrogens is 4. The number of hydrogen-bond donors (Lipinski definition) is 0. The number of benzene rings is 1. The summed E-state index contributed by atoms with van der Waals surface area (Å²) in [5.74, 6) is 1.90. The van der Waals surface area contributed by atoms with Crippen LogP contribution in [0.3, 0.4) is 0 Å². The fourth-order valence-corrected chi connectivity index (χ4v) is 3.59. The minimum atomic E-state index is -0.0453. The van der Waals surface area contributed by atoms with Crippen molar-refractivity contribution in [3.8, 4) is 11.4 Å². The smallest absolute Gasteiger partial charge is 0.255 e. The van der Waals surface area contributed by atoms with E-state index in [0.717, 1.165) is 16.8 Å². The van der Waals surface area contributed by atoms with E-state index in [1.807, 2.05) is 49.9 Å². The lowest BCUT2D eigenvalue weighted by molar-refractivity contribution is 0.0730. The summed E-state index contributed by atoms with van der Waals surface area (Å²) in [5, 5.41) is 1.74. The molecule has 0 bridgehead atoms. The second-order valence-corrected chi connectivity index (χ2v) is 7.21. The van der Waals surface area contributed by atoms with Crippen LogP contribution in [-0.4, -0.2) is 57.0 Å². The summed E-state index contributed by atoms with van der Waals surface area (Å²) in [6, 6.07) is 9.40. The molecule has 0 spiro atoms. The van der Waals surface area contributed by atoms with Gasteiger partial charge in [-0.15, -0.1) is 0 Å². The van der Waals surface area contributed by atoms with Gasteiger partial charge in [-0.1, -0.05) is 18.2 Å². The van der Waals surface area contributed by atoms with Crippen LogP contribution in [0.15, 0.2) is 42.7 Å². The van der Waals surface area contributed by atoms with Crippen LogP contribution in [0.4, 0.5) is 5.82 Å². The molecule has 3 aromatic rings. The molecule has 8 nitrogen and oxygen atoms in total. The lowest BCUT2D eigenvalue weighted by Gasteiger charge is -2.23. The molecule has 1 aliphatic heterocycles. The Morgan fingerprint density at radius 3 is 2.57 bits per heavy atom. The Balaban J connectivity index is 1.58. The molecule has 30 heavy (non-hydrogen) atoms. The zero-order valence-electron chi connectivity index (χ0n) is 17.4. The molecular weight excluding hydrogens is 380 g/mol. The summed E-state index contributed by atoms with van der Waals surface area (Å²) in [7, 11) is 0. The maximum absolute atomic E-state index is 13.5. The number of carbonyl (C=O) groups excluding carboxylic acids is 1. The molecule has 0 N–H and O–H groups in total. The molecule has 3 heterocycles. The molecule has 1 aliphatic rings. The van der Waals surface area contributed by atoms with Crippen LogP contribution in [-0.2, 0) is 4.84 Å². The SMILES string of the molecule is Cc1cc(N2CCN(C(=O)c3c(C)cccc3-c3ncccn3)CCO2)nc(C)n1. The number of amides is 1. The van der Waals surface area contributed by atoms with Crippen molar-refractivity contribution in [1.82, 2.24) is 24.8 Å². The second-order valence-electron chi connectivity index (χ2n) is 7.21. The van der Waals surface area contributed by atoms with Crippen LogP contribution in [0.5, 0.6) is 0 Å². The highest BCUT2D eigenvalue weighted by molar-refractivity contribution is 6.01. The van der Waals surface area contributed by atoms with Gasteiger partial charge < -0.3 is 4.90 Å². The van der Waals surface area contributed by atoms with Gasteiger partial charge in [0.25, 0.3) is 5.91 Å². The van der Waals surface area contributed by atoms with Gasteiger partial charge >= 0.3 is 0 Å². The minimum absolute atomic E-state index is 0.0453. The van der Waals surface area contributed by atoms with Crippen molar-refractivity contribution >= 4 is 11.7 Å². The largest absolute Gasteiger partial charge is 0.334 e. The molecule has 8 heteroatoms. The molecule has 4 rings (SSSR count). The monoisotopic (exact) mass is 404 g/mol. The quantitative estimate of drug-likeness (QED) is 0.664. The molecule has 0 radical (unpaired) electrons. The van der Waals surface area contributed by atoms with Crippen molar-refractivity contribution in [2.24, 2.45) is 0 Å². The number of hydroxylamine groups is 1. The molecule has 0 atom stereocenters. The summed E-state index contributed by atoms with van der Waals surface area (Å²) < 4.78 is 0. The van der Waals surface area contributed by atoms with E-state index in [4.69, 9.17) is 4.84 Å². The third kappa shape index (κ3) is 4.13. The van der Waals surface area contributed by atoms with E-state index in [9.17, 15) is 4.79 Å². The average Bonchev–Trinajstić information content (AvgIpc) is 2.99. The summed E-state index contributed by atoms with van der Waals surface area (Å²) in [6.07, 6.45) is 3.37.